The largest absolute Gasteiger partial charge is 0.392 e. The fourth-order valence-corrected chi connectivity index (χ4v) is 0.869. The van der Waals surface area contributed by atoms with Crippen LogP contribution in [0.1, 0.15) is 28.2 Å². The van der Waals surface area contributed by atoms with Crippen molar-refractivity contribution in [1.29, 1.82) is 0 Å². The van der Waals surface area contributed by atoms with Crippen molar-refractivity contribution in [3.63, 3.8) is 0 Å². The minimum absolute atomic E-state index is 0. The number of hydrogen-bond acceptors (Lipinski definition) is 1. The van der Waals surface area contributed by atoms with Crippen LogP contribution in [0, 0.1) is 0 Å². The molecule has 0 saturated heterocycles. The first-order valence-electron chi connectivity index (χ1n) is 4.30. The van der Waals surface area contributed by atoms with Crippen LogP contribution >= 0.6 is 37.2 Å². The van der Waals surface area contributed by atoms with E-state index in [2.05, 4.69) is 66.6 Å². The summed E-state index contributed by atoms with van der Waals surface area (Å²) in [6, 6.07) is 0. The molecular formula is C11H23I2N2+. The first-order chi connectivity index (χ1) is 6.60. The summed E-state index contributed by atoms with van der Waals surface area (Å²) in [4.78, 5) is 3.08. The minimum Gasteiger partial charge on any atom is -0.392 e. The molecule has 15 heavy (non-hydrogen) atoms. The second kappa shape index (κ2) is 14.4. The highest BCUT2D eigenvalue weighted by Crippen LogP contribution is 1.97. The molecule has 0 aliphatic heterocycles. The van der Waals surface area contributed by atoms with Crippen LogP contribution < -0.4 is 10.3 Å². The Labute approximate surface area is 118 Å². The van der Waals surface area contributed by atoms with Crippen LogP contribution in [0.2, 0.25) is 0 Å². The van der Waals surface area contributed by atoms with E-state index in [9.17, 15) is 0 Å². The third-order valence-corrected chi connectivity index (χ3v) is 1.68. The first-order valence-corrected chi connectivity index (χ1v) is 10.6. The van der Waals surface area contributed by atoms with Crippen molar-refractivity contribution in [1.82, 2.24) is 5.32 Å². The third-order valence-electron chi connectivity index (χ3n) is 1.68. The van der Waals surface area contributed by atoms with E-state index in [1.807, 2.05) is 27.9 Å². The van der Waals surface area contributed by atoms with E-state index in [-0.39, 0.29) is 7.43 Å². The quantitative estimate of drug-likeness (QED) is 0.397. The molecule has 0 rings (SSSR count). The molecule has 0 aromatic carbocycles. The third kappa shape index (κ3) is 14.4. The predicted octanol–water partition coefficient (Wildman–Crippen LogP) is 2.63. The Morgan fingerprint density at radius 1 is 1.13 bits per heavy atom. The molecule has 0 fully saturated rings. The Bertz CT molecular complexity index is 231. The van der Waals surface area contributed by atoms with Gasteiger partial charge in [0.25, 0.3) is 0 Å². The fourth-order valence-electron chi connectivity index (χ4n) is 0.869. The van der Waals surface area contributed by atoms with Gasteiger partial charge < -0.3 is 5.32 Å². The molecular weight excluding hydrogens is 414 g/mol. The topological polar surface area (TPSA) is 26.0 Å². The second-order valence-corrected chi connectivity index (χ2v) is 2.90. The molecule has 0 aliphatic carbocycles. The Kier molecular flexibility index (Phi) is 20.0. The molecule has 0 unspecified atom stereocenters. The van der Waals surface area contributed by atoms with Crippen LogP contribution in [0.3, 0.4) is 0 Å². The van der Waals surface area contributed by atoms with Crippen LogP contribution in [0.5, 0.6) is 0 Å². The zero-order valence-electron chi connectivity index (χ0n) is 9.41. The van der Waals surface area contributed by atoms with Gasteiger partial charge in [0.05, 0.1) is 0 Å². The van der Waals surface area contributed by atoms with Crippen molar-refractivity contribution in [3.8, 4) is 0 Å². The van der Waals surface area contributed by atoms with Crippen molar-refractivity contribution in [2.45, 2.75) is 28.2 Å². The van der Waals surface area contributed by atoms with Gasteiger partial charge in [-0.25, -0.2) is 4.99 Å². The van der Waals surface area contributed by atoms with E-state index in [1.54, 1.807) is 0 Å². The molecule has 2 nitrogen and oxygen atoms in total. The second-order valence-electron chi connectivity index (χ2n) is 2.90. The van der Waals surface area contributed by atoms with Gasteiger partial charge in [-0.15, -0.1) is 0 Å². The summed E-state index contributed by atoms with van der Waals surface area (Å²) >= 11 is 4.24. The normalized spacial score (nSPS) is 12.3. The van der Waals surface area contributed by atoms with Crippen LogP contribution in [-0.4, -0.2) is 19.8 Å². The molecule has 0 saturated carbocycles. The zero-order valence-corrected chi connectivity index (χ0v) is 13.7. The summed E-state index contributed by atoms with van der Waals surface area (Å²) in [6.07, 6.45) is 4.22. The lowest BCUT2D eigenvalue weighted by Gasteiger charge is -1.97. The Morgan fingerprint density at radius 2 is 1.60 bits per heavy atom. The van der Waals surface area contributed by atoms with Gasteiger partial charge in [0, 0.05) is 63.0 Å². The lowest BCUT2D eigenvalue weighted by molar-refractivity contribution is -0.419. The smallest absolute Gasteiger partial charge is 0.171 e. The van der Waals surface area contributed by atoms with Gasteiger partial charge in [0.15, 0.2) is 5.71 Å². The van der Waals surface area contributed by atoms with E-state index in [0.717, 1.165) is 0 Å². The zero-order chi connectivity index (χ0) is 11.6. The summed E-state index contributed by atoms with van der Waals surface area (Å²) in [5, 5.41) is 3.08. The molecule has 0 atom stereocenters. The van der Waals surface area contributed by atoms with Crippen molar-refractivity contribution in [2.75, 3.05) is 14.1 Å². The molecule has 2 N–H and O–H groups in total. The van der Waals surface area contributed by atoms with Crippen LogP contribution in [0.15, 0.2) is 23.4 Å². The number of hydrogen-bond donors (Lipinski definition) is 2. The lowest BCUT2D eigenvalue weighted by Crippen LogP contribution is -2.66. The fraction of sp³-hybridized carbons (Fsp3) is 0.545. The monoisotopic (exact) mass is 437 g/mol. The summed E-state index contributed by atoms with van der Waals surface area (Å²) in [5.41, 5.74) is 3.59. The highest BCUT2D eigenvalue weighted by Gasteiger charge is 1.90. The SMILES string of the molecule is C.CNC(C)=CC(C)=CC(C)=[NH+]C.II. The maximum absolute atomic E-state index is 3.08. The summed E-state index contributed by atoms with van der Waals surface area (Å²) < 4.78 is 0. The van der Waals surface area contributed by atoms with Gasteiger partial charge in [-0.2, -0.15) is 0 Å². The van der Waals surface area contributed by atoms with Gasteiger partial charge in [-0.1, -0.05) is 7.43 Å². The van der Waals surface area contributed by atoms with Gasteiger partial charge in [0.1, 0.15) is 7.05 Å². The number of rotatable bonds is 3. The van der Waals surface area contributed by atoms with E-state index in [1.165, 1.54) is 17.0 Å². The van der Waals surface area contributed by atoms with E-state index < -0.39 is 0 Å². The highest BCUT2D eigenvalue weighted by molar-refractivity contribution is 15.0. The molecule has 0 aromatic rings. The maximum atomic E-state index is 3.08. The van der Waals surface area contributed by atoms with E-state index in [4.69, 9.17) is 0 Å². The Hall–Kier alpha value is 0.410. The Balaban J connectivity index is -0.000000449. The van der Waals surface area contributed by atoms with E-state index in [0.29, 0.717) is 0 Å². The van der Waals surface area contributed by atoms with Gasteiger partial charge >= 0.3 is 0 Å². The molecule has 0 aromatic heterocycles. The highest BCUT2D eigenvalue weighted by atomic mass is 128. The van der Waals surface area contributed by atoms with Gasteiger partial charge in [-0.05, 0) is 25.5 Å². The molecule has 0 heterocycles. The molecule has 0 spiro atoms. The summed E-state index contributed by atoms with van der Waals surface area (Å²) in [6.45, 7) is 6.18. The lowest BCUT2D eigenvalue weighted by atomic mass is 10.2. The summed E-state index contributed by atoms with van der Waals surface area (Å²) in [7, 11) is 3.85. The first kappa shape index (κ1) is 20.8. The number of halogens is 2. The van der Waals surface area contributed by atoms with Crippen molar-refractivity contribution in [3.05, 3.63) is 23.4 Å². The van der Waals surface area contributed by atoms with Crippen LogP contribution in [0.25, 0.3) is 0 Å². The predicted molar refractivity (Wildman–Crippen MR) is 88.9 cm³/mol. The maximum Gasteiger partial charge on any atom is 0.171 e. The van der Waals surface area contributed by atoms with Crippen molar-refractivity contribution in [2.24, 2.45) is 0 Å². The number of allylic oxidation sites excluding steroid dienone is 4. The molecule has 0 radical (unpaired) electrons. The summed E-state index contributed by atoms with van der Waals surface area (Å²) in [5.74, 6) is 0. The number of nitrogens with one attached hydrogen (secondary N) is 2. The molecule has 0 bridgehead atoms. The molecule has 90 valence electrons. The molecule has 0 amide bonds. The van der Waals surface area contributed by atoms with Crippen molar-refractivity contribution >= 4 is 42.9 Å². The van der Waals surface area contributed by atoms with Crippen LogP contribution in [-0.2, 0) is 0 Å². The standard InChI is InChI=1S/C10H18N2.CH4.I2/c1-8(6-9(2)11-4)7-10(3)12-5;;1-2/h6-7,11H,1-5H3;1H4;/p+1. The minimum atomic E-state index is 0. The van der Waals surface area contributed by atoms with Gasteiger partial charge in [-0.3, -0.25) is 0 Å². The Morgan fingerprint density at radius 3 is 1.93 bits per heavy atom. The average Bonchev–Trinajstić information content (AvgIpc) is 2.20. The molecule has 0 aliphatic rings. The van der Waals surface area contributed by atoms with E-state index >= 15 is 0 Å². The van der Waals surface area contributed by atoms with Crippen LogP contribution in [0.4, 0.5) is 0 Å². The van der Waals surface area contributed by atoms with Crippen molar-refractivity contribution < 1.29 is 4.99 Å². The van der Waals surface area contributed by atoms with Gasteiger partial charge in [0.2, 0.25) is 0 Å². The molecule has 4 heteroatoms. The average molecular weight is 437 g/mol.